The number of carbonyl (C=O) groups excluding carboxylic acids is 1. The minimum atomic E-state index is -0.196. The molecule has 0 spiro atoms. The Balaban J connectivity index is 1.87. The highest BCUT2D eigenvalue weighted by atomic mass is 35.5. The van der Waals surface area contributed by atoms with Gasteiger partial charge in [0.2, 0.25) is 5.88 Å². The van der Waals surface area contributed by atoms with Crippen LogP contribution in [0.25, 0.3) is 5.57 Å². The van der Waals surface area contributed by atoms with Crippen LogP contribution in [0.3, 0.4) is 0 Å². The van der Waals surface area contributed by atoms with E-state index in [0.717, 1.165) is 36.3 Å². The Hall–Kier alpha value is -2.33. The minimum Gasteiger partial charge on any atom is -0.493 e. The van der Waals surface area contributed by atoms with E-state index < -0.39 is 0 Å². The largest absolute Gasteiger partial charge is 0.493 e. The van der Waals surface area contributed by atoms with Gasteiger partial charge < -0.3 is 9.84 Å². The number of hydrogen-bond donors (Lipinski definition) is 1. The third kappa shape index (κ3) is 3.60. The van der Waals surface area contributed by atoms with Crippen molar-refractivity contribution < 1.29 is 14.6 Å². The highest BCUT2D eigenvalue weighted by Gasteiger charge is 2.17. The molecule has 0 unspecified atom stereocenters. The van der Waals surface area contributed by atoms with Crippen molar-refractivity contribution >= 4 is 23.5 Å². The van der Waals surface area contributed by atoms with E-state index in [4.69, 9.17) is 16.3 Å². The van der Waals surface area contributed by atoms with Gasteiger partial charge in [-0.15, -0.1) is 0 Å². The molecule has 1 aromatic carbocycles. The predicted octanol–water partition coefficient (Wildman–Crippen LogP) is 4.66. The second-order valence-electron chi connectivity index (χ2n) is 5.76. The van der Waals surface area contributed by atoms with Crippen molar-refractivity contribution in [1.29, 1.82) is 0 Å². The molecule has 3 rings (SSSR count). The molecule has 4 nitrogen and oxygen atoms in total. The SMILES string of the molecule is O=Cc1cc(O)ncc1OCC1=C(c2ccccc2Cl)CCCC1. The summed E-state index contributed by atoms with van der Waals surface area (Å²) in [6.45, 7) is 0.383. The molecule has 2 aromatic rings. The van der Waals surface area contributed by atoms with E-state index in [9.17, 15) is 9.90 Å². The lowest BCUT2D eigenvalue weighted by Gasteiger charge is -2.22. The monoisotopic (exact) mass is 343 g/mol. The molecule has 0 radical (unpaired) electrons. The fraction of sp³-hybridized carbons (Fsp3) is 0.263. The highest BCUT2D eigenvalue weighted by Crippen LogP contribution is 2.36. The van der Waals surface area contributed by atoms with Gasteiger partial charge in [0.25, 0.3) is 0 Å². The maximum Gasteiger partial charge on any atom is 0.211 e. The van der Waals surface area contributed by atoms with E-state index in [1.807, 2.05) is 24.3 Å². The number of aldehydes is 1. The Bertz CT molecular complexity index is 786. The normalized spacial score (nSPS) is 14.5. The van der Waals surface area contributed by atoms with Gasteiger partial charge in [-0.05, 0) is 48.5 Å². The van der Waals surface area contributed by atoms with Crippen molar-refractivity contribution in [3.05, 3.63) is 58.3 Å². The van der Waals surface area contributed by atoms with Crippen molar-refractivity contribution in [3.8, 4) is 11.6 Å². The summed E-state index contributed by atoms with van der Waals surface area (Å²) in [5.41, 5.74) is 3.76. The fourth-order valence-corrected chi connectivity index (χ4v) is 3.23. The van der Waals surface area contributed by atoms with Gasteiger partial charge in [0.15, 0.2) is 6.29 Å². The van der Waals surface area contributed by atoms with Gasteiger partial charge >= 0.3 is 0 Å². The summed E-state index contributed by atoms with van der Waals surface area (Å²) in [6, 6.07) is 9.12. The summed E-state index contributed by atoms with van der Waals surface area (Å²) in [5.74, 6) is 0.178. The van der Waals surface area contributed by atoms with Crippen LogP contribution in [0.4, 0.5) is 0 Å². The first-order chi connectivity index (χ1) is 11.7. The third-order valence-corrected chi connectivity index (χ3v) is 4.52. The van der Waals surface area contributed by atoms with E-state index in [2.05, 4.69) is 4.98 Å². The molecule has 1 aliphatic rings. The van der Waals surface area contributed by atoms with Crippen LogP contribution in [0.2, 0.25) is 5.02 Å². The maximum absolute atomic E-state index is 11.1. The number of benzene rings is 1. The van der Waals surface area contributed by atoms with E-state index in [-0.39, 0.29) is 5.88 Å². The topological polar surface area (TPSA) is 59.4 Å². The third-order valence-electron chi connectivity index (χ3n) is 4.19. The molecule has 0 saturated heterocycles. The number of aromatic nitrogens is 1. The zero-order chi connectivity index (χ0) is 16.9. The van der Waals surface area contributed by atoms with Crippen LogP contribution in [0.1, 0.15) is 41.6 Å². The smallest absolute Gasteiger partial charge is 0.211 e. The van der Waals surface area contributed by atoms with Crippen molar-refractivity contribution in [2.24, 2.45) is 0 Å². The Kier molecular flexibility index (Phi) is 5.16. The standard InChI is InChI=1S/C19H18ClNO3/c20-17-8-4-3-7-16(17)15-6-2-1-5-13(15)12-24-18-10-21-19(23)9-14(18)11-22/h3-4,7-11H,1-2,5-6,12H2,(H,21,23). The van der Waals surface area contributed by atoms with E-state index in [0.29, 0.717) is 24.2 Å². The van der Waals surface area contributed by atoms with Gasteiger partial charge in [-0.3, -0.25) is 4.79 Å². The maximum atomic E-state index is 11.1. The van der Waals surface area contributed by atoms with Crippen LogP contribution in [0.5, 0.6) is 11.6 Å². The van der Waals surface area contributed by atoms with Crippen LogP contribution in [0, 0.1) is 0 Å². The number of ether oxygens (including phenoxy) is 1. The lowest BCUT2D eigenvalue weighted by molar-refractivity contribution is 0.111. The Morgan fingerprint density at radius 3 is 2.83 bits per heavy atom. The number of allylic oxidation sites excluding steroid dienone is 1. The molecule has 0 bridgehead atoms. The number of hydrogen-bond acceptors (Lipinski definition) is 4. The summed E-state index contributed by atoms with van der Waals surface area (Å²) in [4.78, 5) is 14.9. The van der Waals surface area contributed by atoms with Crippen LogP contribution < -0.4 is 4.74 Å². The van der Waals surface area contributed by atoms with Crippen LogP contribution in [-0.2, 0) is 0 Å². The van der Waals surface area contributed by atoms with Gasteiger partial charge in [0.05, 0.1) is 11.8 Å². The fourth-order valence-electron chi connectivity index (χ4n) is 2.98. The molecule has 0 aliphatic heterocycles. The van der Waals surface area contributed by atoms with Gasteiger partial charge in [0.1, 0.15) is 12.4 Å². The molecule has 24 heavy (non-hydrogen) atoms. The van der Waals surface area contributed by atoms with Gasteiger partial charge in [-0.25, -0.2) is 4.98 Å². The van der Waals surface area contributed by atoms with Gasteiger partial charge in [-0.2, -0.15) is 0 Å². The van der Waals surface area contributed by atoms with Crippen LogP contribution in [-0.4, -0.2) is 23.0 Å². The summed E-state index contributed by atoms with van der Waals surface area (Å²) in [6.07, 6.45) is 6.18. The average Bonchev–Trinajstić information content (AvgIpc) is 2.61. The number of nitrogens with zero attached hydrogens (tertiary/aromatic N) is 1. The molecule has 0 amide bonds. The zero-order valence-corrected chi connectivity index (χ0v) is 13.9. The van der Waals surface area contributed by atoms with Crippen molar-refractivity contribution in [2.45, 2.75) is 25.7 Å². The highest BCUT2D eigenvalue weighted by molar-refractivity contribution is 6.32. The van der Waals surface area contributed by atoms with E-state index in [1.54, 1.807) is 0 Å². The van der Waals surface area contributed by atoms with Gasteiger partial charge in [-0.1, -0.05) is 29.8 Å². The number of carbonyl (C=O) groups is 1. The molecule has 1 N–H and O–H groups in total. The molecule has 0 fully saturated rings. The lowest BCUT2D eigenvalue weighted by atomic mass is 9.87. The summed E-state index contributed by atoms with van der Waals surface area (Å²) >= 11 is 6.35. The second-order valence-corrected chi connectivity index (χ2v) is 6.16. The molecular formula is C19H18ClNO3. The second kappa shape index (κ2) is 7.49. The first-order valence-electron chi connectivity index (χ1n) is 7.92. The molecule has 124 valence electrons. The van der Waals surface area contributed by atoms with Crippen molar-refractivity contribution in [1.82, 2.24) is 4.98 Å². The lowest BCUT2D eigenvalue weighted by Crippen LogP contribution is -2.09. The first-order valence-corrected chi connectivity index (χ1v) is 8.29. The van der Waals surface area contributed by atoms with E-state index in [1.165, 1.54) is 23.4 Å². The minimum absolute atomic E-state index is 0.196. The van der Waals surface area contributed by atoms with Crippen LogP contribution >= 0.6 is 11.6 Å². The Morgan fingerprint density at radius 1 is 1.25 bits per heavy atom. The number of halogens is 1. The summed E-state index contributed by atoms with van der Waals surface area (Å²) < 4.78 is 5.81. The average molecular weight is 344 g/mol. The summed E-state index contributed by atoms with van der Waals surface area (Å²) in [7, 11) is 0. The molecule has 1 aromatic heterocycles. The van der Waals surface area contributed by atoms with Crippen molar-refractivity contribution in [3.63, 3.8) is 0 Å². The van der Waals surface area contributed by atoms with Gasteiger partial charge in [0, 0.05) is 11.1 Å². The Morgan fingerprint density at radius 2 is 2.04 bits per heavy atom. The zero-order valence-electron chi connectivity index (χ0n) is 13.2. The summed E-state index contributed by atoms with van der Waals surface area (Å²) in [5, 5.41) is 10.1. The molecule has 1 aliphatic carbocycles. The molecular weight excluding hydrogens is 326 g/mol. The molecule has 1 heterocycles. The first kappa shape index (κ1) is 16.5. The Labute approximate surface area is 145 Å². The molecule has 0 atom stereocenters. The number of aromatic hydroxyl groups is 1. The van der Waals surface area contributed by atoms with Crippen LogP contribution in [0.15, 0.2) is 42.1 Å². The van der Waals surface area contributed by atoms with Crippen molar-refractivity contribution in [2.75, 3.05) is 6.61 Å². The number of rotatable bonds is 5. The molecule has 5 heteroatoms. The van der Waals surface area contributed by atoms with E-state index >= 15 is 0 Å². The quantitative estimate of drug-likeness (QED) is 0.802. The molecule has 0 saturated carbocycles. The number of pyridine rings is 1. The predicted molar refractivity (Wildman–Crippen MR) is 93.6 cm³/mol.